The molecule has 1 aromatic carbocycles. The van der Waals surface area contributed by atoms with Gasteiger partial charge in [-0.1, -0.05) is 18.5 Å². The number of hydrogen-bond acceptors (Lipinski definition) is 2. The molecule has 1 heterocycles. The average molecular weight is 274 g/mol. The highest BCUT2D eigenvalue weighted by Gasteiger charge is 2.21. The third kappa shape index (κ3) is 3.15. The highest BCUT2D eigenvalue weighted by Crippen LogP contribution is 2.34. The summed E-state index contributed by atoms with van der Waals surface area (Å²) in [5.74, 6) is 1.65. The summed E-state index contributed by atoms with van der Waals surface area (Å²) in [7, 11) is 0. The number of thioether (sulfide) groups is 1. The largest absolute Gasteiger partial charge is 0.310 e. The minimum absolute atomic E-state index is 0.162. The van der Waals surface area contributed by atoms with E-state index in [9.17, 15) is 4.39 Å². The van der Waals surface area contributed by atoms with E-state index in [2.05, 4.69) is 12.2 Å². The van der Waals surface area contributed by atoms with Crippen molar-refractivity contribution in [2.45, 2.75) is 31.6 Å². The molecule has 1 N–H and O–H groups in total. The topological polar surface area (TPSA) is 12.0 Å². The van der Waals surface area contributed by atoms with E-state index in [1.54, 1.807) is 11.8 Å². The second-order valence-electron chi connectivity index (χ2n) is 4.30. The van der Waals surface area contributed by atoms with Gasteiger partial charge in [0, 0.05) is 22.4 Å². The number of halogens is 2. The first-order chi connectivity index (χ1) is 8.22. The summed E-state index contributed by atoms with van der Waals surface area (Å²) in [6.07, 6.45) is 2.12. The minimum Gasteiger partial charge on any atom is -0.310 e. The molecule has 1 aliphatic heterocycles. The molecule has 1 aromatic rings. The molecular formula is C13H17ClFNS. The van der Waals surface area contributed by atoms with Crippen LogP contribution in [-0.4, -0.2) is 12.3 Å². The van der Waals surface area contributed by atoms with Gasteiger partial charge in [0.1, 0.15) is 5.82 Å². The lowest BCUT2D eigenvalue weighted by molar-refractivity contribution is 0.515. The summed E-state index contributed by atoms with van der Waals surface area (Å²) in [6.45, 7) is 3.10. The molecule has 94 valence electrons. The third-order valence-electron chi connectivity index (χ3n) is 3.01. The van der Waals surface area contributed by atoms with Gasteiger partial charge in [-0.2, -0.15) is 11.8 Å². The van der Waals surface area contributed by atoms with E-state index < -0.39 is 0 Å². The van der Waals surface area contributed by atoms with Crippen molar-refractivity contribution >= 4 is 23.4 Å². The van der Waals surface area contributed by atoms with Gasteiger partial charge in [-0.05, 0) is 42.8 Å². The van der Waals surface area contributed by atoms with E-state index in [1.165, 1.54) is 6.07 Å². The van der Waals surface area contributed by atoms with Crippen molar-refractivity contribution in [2.75, 3.05) is 12.3 Å². The Labute approximate surface area is 111 Å². The Morgan fingerprint density at radius 1 is 1.53 bits per heavy atom. The van der Waals surface area contributed by atoms with Crippen LogP contribution in [0, 0.1) is 5.82 Å². The first-order valence-corrected chi connectivity index (χ1v) is 7.54. The van der Waals surface area contributed by atoms with Gasteiger partial charge in [-0.25, -0.2) is 4.39 Å². The van der Waals surface area contributed by atoms with Gasteiger partial charge < -0.3 is 5.32 Å². The molecule has 0 bridgehead atoms. The van der Waals surface area contributed by atoms with E-state index >= 15 is 0 Å². The van der Waals surface area contributed by atoms with E-state index in [4.69, 9.17) is 11.6 Å². The monoisotopic (exact) mass is 273 g/mol. The molecule has 1 aliphatic rings. The summed E-state index contributed by atoms with van der Waals surface area (Å²) < 4.78 is 13.9. The van der Waals surface area contributed by atoms with E-state index in [-0.39, 0.29) is 11.9 Å². The normalized spacial score (nSPS) is 19.8. The van der Waals surface area contributed by atoms with Crippen LogP contribution >= 0.6 is 23.4 Å². The Kier molecular flexibility index (Phi) is 4.71. The fraction of sp³-hybridized carbons (Fsp3) is 0.538. The summed E-state index contributed by atoms with van der Waals surface area (Å²) in [5, 5.41) is 3.98. The van der Waals surface area contributed by atoms with Crippen LogP contribution in [0.25, 0.3) is 0 Å². The predicted octanol–water partition coefficient (Wildman–Crippen LogP) is 4.16. The lowest BCUT2D eigenvalue weighted by Gasteiger charge is -2.19. The van der Waals surface area contributed by atoms with Gasteiger partial charge in [-0.15, -0.1) is 0 Å². The third-order valence-corrected chi connectivity index (χ3v) is 4.24. The van der Waals surface area contributed by atoms with Gasteiger partial charge in [-0.3, -0.25) is 0 Å². The van der Waals surface area contributed by atoms with Crippen LogP contribution in [0.3, 0.4) is 0 Å². The van der Waals surface area contributed by atoms with E-state index in [0.29, 0.717) is 5.02 Å². The molecule has 1 nitrogen and oxygen atoms in total. The summed E-state index contributed by atoms with van der Waals surface area (Å²) >= 11 is 7.75. The van der Waals surface area contributed by atoms with Crippen molar-refractivity contribution in [3.8, 4) is 0 Å². The standard InChI is InChI=1S/C13H17ClFNS/c1-2-4-16-13-3-5-17-8-11-10(13)6-9(14)7-12(11)15/h6-7,13,16H,2-5,8H2,1H3. The van der Waals surface area contributed by atoms with Crippen LogP contribution in [0.5, 0.6) is 0 Å². The van der Waals surface area contributed by atoms with E-state index in [1.807, 2.05) is 6.07 Å². The first kappa shape index (κ1) is 13.2. The minimum atomic E-state index is -0.162. The van der Waals surface area contributed by atoms with Gasteiger partial charge >= 0.3 is 0 Å². The van der Waals surface area contributed by atoms with Gasteiger partial charge in [0.05, 0.1) is 0 Å². The second kappa shape index (κ2) is 6.07. The Bertz CT molecular complexity index is 397. The fourth-order valence-electron chi connectivity index (χ4n) is 2.15. The average Bonchev–Trinajstić information content (AvgIpc) is 2.49. The molecule has 0 aromatic heterocycles. The number of nitrogens with one attached hydrogen (secondary N) is 1. The molecule has 2 rings (SSSR count). The highest BCUT2D eigenvalue weighted by atomic mass is 35.5. The molecule has 0 amide bonds. The maximum atomic E-state index is 13.9. The summed E-state index contributed by atoms with van der Waals surface area (Å²) in [4.78, 5) is 0. The zero-order chi connectivity index (χ0) is 12.3. The van der Waals surface area contributed by atoms with Crippen LogP contribution in [0.1, 0.15) is 36.9 Å². The van der Waals surface area contributed by atoms with Crippen LogP contribution in [0.15, 0.2) is 12.1 Å². The fourth-order valence-corrected chi connectivity index (χ4v) is 3.42. The Hall–Kier alpha value is -0.250. The van der Waals surface area contributed by atoms with Crippen molar-refractivity contribution in [2.24, 2.45) is 0 Å². The van der Waals surface area contributed by atoms with Gasteiger partial charge in [0.25, 0.3) is 0 Å². The number of rotatable bonds is 3. The Morgan fingerprint density at radius 3 is 3.12 bits per heavy atom. The molecule has 17 heavy (non-hydrogen) atoms. The molecule has 0 fully saturated rings. The molecule has 0 aliphatic carbocycles. The molecule has 4 heteroatoms. The van der Waals surface area contributed by atoms with Gasteiger partial charge in [0.2, 0.25) is 0 Å². The highest BCUT2D eigenvalue weighted by molar-refractivity contribution is 7.98. The zero-order valence-electron chi connectivity index (χ0n) is 9.93. The van der Waals surface area contributed by atoms with Crippen LogP contribution in [-0.2, 0) is 5.75 Å². The zero-order valence-corrected chi connectivity index (χ0v) is 11.5. The van der Waals surface area contributed by atoms with Crippen molar-refractivity contribution in [3.63, 3.8) is 0 Å². The van der Waals surface area contributed by atoms with Crippen molar-refractivity contribution in [3.05, 3.63) is 34.1 Å². The molecule has 0 saturated heterocycles. The smallest absolute Gasteiger partial charge is 0.129 e. The van der Waals surface area contributed by atoms with Crippen LogP contribution in [0.2, 0.25) is 5.02 Å². The van der Waals surface area contributed by atoms with Crippen molar-refractivity contribution in [1.82, 2.24) is 5.32 Å². The van der Waals surface area contributed by atoms with Crippen LogP contribution < -0.4 is 5.32 Å². The molecule has 0 spiro atoms. The van der Waals surface area contributed by atoms with Crippen LogP contribution in [0.4, 0.5) is 4.39 Å². The first-order valence-electron chi connectivity index (χ1n) is 6.01. The molecular weight excluding hydrogens is 257 g/mol. The Morgan fingerprint density at radius 2 is 2.35 bits per heavy atom. The maximum Gasteiger partial charge on any atom is 0.129 e. The van der Waals surface area contributed by atoms with Crippen molar-refractivity contribution < 1.29 is 4.39 Å². The van der Waals surface area contributed by atoms with Crippen molar-refractivity contribution in [1.29, 1.82) is 0 Å². The molecule has 0 saturated carbocycles. The maximum absolute atomic E-state index is 13.9. The molecule has 1 unspecified atom stereocenters. The number of fused-ring (bicyclic) bond motifs is 1. The number of hydrogen-bond donors (Lipinski definition) is 1. The quantitative estimate of drug-likeness (QED) is 0.888. The number of benzene rings is 1. The molecule has 1 atom stereocenters. The second-order valence-corrected chi connectivity index (χ2v) is 5.84. The summed E-state index contributed by atoms with van der Waals surface area (Å²) in [5.41, 5.74) is 1.87. The molecule has 0 radical (unpaired) electrons. The SMILES string of the molecule is CCCNC1CCSCc2c(F)cc(Cl)cc21. The lowest BCUT2D eigenvalue weighted by Crippen LogP contribution is -2.23. The lowest BCUT2D eigenvalue weighted by atomic mass is 9.99. The summed E-state index contributed by atoms with van der Waals surface area (Å²) in [6, 6.07) is 3.58. The Balaban J connectivity index is 2.33. The van der Waals surface area contributed by atoms with E-state index in [0.717, 1.165) is 42.0 Å². The predicted molar refractivity (Wildman–Crippen MR) is 73.2 cm³/mol. The van der Waals surface area contributed by atoms with Gasteiger partial charge in [0.15, 0.2) is 0 Å².